The second-order valence-corrected chi connectivity index (χ2v) is 4.19. The predicted molar refractivity (Wildman–Crippen MR) is 64.9 cm³/mol. The first-order valence-electron chi connectivity index (χ1n) is 4.81. The van der Waals surface area contributed by atoms with Gasteiger partial charge in [0.15, 0.2) is 0 Å². The summed E-state index contributed by atoms with van der Waals surface area (Å²) in [5.74, 6) is 1.45. The Kier molecular flexibility index (Phi) is 4.26. The number of rotatable bonds is 3. The second-order valence-electron chi connectivity index (χ2n) is 3.75. The monoisotopic (exact) mass is 247 g/mol. The number of hydrogen-bond acceptors (Lipinski definition) is 2. The van der Waals surface area contributed by atoms with Crippen molar-refractivity contribution in [3.63, 3.8) is 0 Å². The van der Waals surface area contributed by atoms with Crippen LogP contribution >= 0.6 is 24.0 Å². The molecule has 1 atom stereocenters. The van der Waals surface area contributed by atoms with Gasteiger partial charge in [0, 0.05) is 16.6 Å². The minimum absolute atomic E-state index is 0. The average molecular weight is 248 g/mol. The number of halogens is 2. The van der Waals surface area contributed by atoms with Crippen molar-refractivity contribution in [2.75, 3.05) is 7.11 Å². The summed E-state index contributed by atoms with van der Waals surface area (Å²) in [4.78, 5) is 0. The SMILES string of the molecule is COc1ccc(Cl)cc1[C@@H](N)C1CC1.Cl. The van der Waals surface area contributed by atoms with Gasteiger partial charge >= 0.3 is 0 Å². The molecule has 0 aliphatic heterocycles. The van der Waals surface area contributed by atoms with E-state index in [2.05, 4.69) is 0 Å². The summed E-state index contributed by atoms with van der Waals surface area (Å²) in [6.07, 6.45) is 2.44. The van der Waals surface area contributed by atoms with Crippen LogP contribution < -0.4 is 10.5 Å². The van der Waals surface area contributed by atoms with E-state index in [1.807, 2.05) is 18.2 Å². The van der Waals surface area contributed by atoms with Crippen LogP contribution in [0.25, 0.3) is 0 Å². The van der Waals surface area contributed by atoms with Gasteiger partial charge in [0.2, 0.25) is 0 Å². The van der Waals surface area contributed by atoms with Crippen LogP contribution in [-0.4, -0.2) is 7.11 Å². The van der Waals surface area contributed by atoms with Crippen molar-refractivity contribution in [2.24, 2.45) is 11.7 Å². The second kappa shape index (κ2) is 5.06. The lowest BCUT2D eigenvalue weighted by Crippen LogP contribution is -2.13. The average Bonchev–Trinajstić information content (AvgIpc) is 3.00. The summed E-state index contributed by atoms with van der Waals surface area (Å²) in [5.41, 5.74) is 7.14. The van der Waals surface area contributed by atoms with E-state index < -0.39 is 0 Å². The Hall–Kier alpha value is -0.440. The van der Waals surface area contributed by atoms with Crippen LogP contribution in [0.5, 0.6) is 5.75 Å². The number of methoxy groups -OCH3 is 1. The third kappa shape index (κ3) is 2.77. The predicted octanol–water partition coefficient (Wildman–Crippen LogP) is 3.18. The van der Waals surface area contributed by atoms with E-state index in [9.17, 15) is 0 Å². The molecule has 0 unspecified atom stereocenters. The van der Waals surface area contributed by atoms with Crippen LogP contribution in [0.15, 0.2) is 18.2 Å². The van der Waals surface area contributed by atoms with E-state index in [4.69, 9.17) is 22.1 Å². The highest BCUT2D eigenvalue weighted by Gasteiger charge is 2.31. The number of hydrogen-bond donors (Lipinski definition) is 1. The summed E-state index contributed by atoms with van der Waals surface area (Å²) in [6, 6.07) is 5.68. The first kappa shape index (κ1) is 12.6. The fourth-order valence-electron chi connectivity index (χ4n) is 1.67. The third-order valence-corrected chi connectivity index (χ3v) is 2.92. The third-order valence-electron chi connectivity index (χ3n) is 2.68. The minimum atomic E-state index is 0. The van der Waals surface area contributed by atoms with Gasteiger partial charge in [-0.15, -0.1) is 12.4 Å². The molecule has 0 aromatic heterocycles. The molecule has 0 heterocycles. The quantitative estimate of drug-likeness (QED) is 0.891. The Morgan fingerprint density at radius 3 is 2.67 bits per heavy atom. The largest absolute Gasteiger partial charge is 0.496 e. The lowest BCUT2D eigenvalue weighted by Gasteiger charge is -2.15. The summed E-state index contributed by atoms with van der Waals surface area (Å²) in [5, 5.41) is 0.719. The van der Waals surface area contributed by atoms with E-state index in [-0.39, 0.29) is 18.4 Å². The topological polar surface area (TPSA) is 35.2 Å². The van der Waals surface area contributed by atoms with Gasteiger partial charge in [-0.05, 0) is 37.0 Å². The highest BCUT2D eigenvalue weighted by Crippen LogP contribution is 2.42. The molecule has 0 amide bonds. The van der Waals surface area contributed by atoms with Gasteiger partial charge in [-0.3, -0.25) is 0 Å². The van der Waals surface area contributed by atoms with Crippen LogP contribution in [0.2, 0.25) is 5.02 Å². The van der Waals surface area contributed by atoms with Gasteiger partial charge in [-0.25, -0.2) is 0 Å². The smallest absolute Gasteiger partial charge is 0.123 e. The summed E-state index contributed by atoms with van der Waals surface area (Å²) >= 11 is 5.93. The molecule has 0 radical (unpaired) electrons. The fourth-order valence-corrected chi connectivity index (χ4v) is 1.86. The highest BCUT2D eigenvalue weighted by atomic mass is 35.5. The molecule has 0 saturated heterocycles. The van der Waals surface area contributed by atoms with Gasteiger partial charge < -0.3 is 10.5 Å². The van der Waals surface area contributed by atoms with Gasteiger partial charge in [0.1, 0.15) is 5.75 Å². The van der Waals surface area contributed by atoms with Crippen molar-refractivity contribution in [2.45, 2.75) is 18.9 Å². The molecule has 1 aliphatic carbocycles. The Balaban J connectivity index is 0.00000112. The van der Waals surface area contributed by atoms with E-state index in [1.165, 1.54) is 12.8 Å². The molecule has 15 heavy (non-hydrogen) atoms. The molecule has 2 N–H and O–H groups in total. The van der Waals surface area contributed by atoms with Crippen molar-refractivity contribution in [3.05, 3.63) is 28.8 Å². The molecule has 1 fully saturated rings. The molecule has 4 heteroatoms. The van der Waals surface area contributed by atoms with Crippen LogP contribution in [0.4, 0.5) is 0 Å². The molecule has 1 aromatic rings. The maximum absolute atomic E-state index is 6.11. The zero-order valence-electron chi connectivity index (χ0n) is 8.57. The molecule has 1 aliphatic rings. The molecule has 1 aromatic carbocycles. The van der Waals surface area contributed by atoms with Crippen molar-refractivity contribution >= 4 is 24.0 Å². The van der Waals surface area contributed by atoms with Crippen LogP contribution in [0.1, 0.15) is 24.4 Å². The Morgan fingerprint density at radius 2 is 2.13 bits per heavy atom. The molecule has 2 nitrogen and oxygen atoms in total. The molecule has 0 bridgehead atoms. The molecule has 2 rings (SSSR count). The van der Waals surface area contributed by atoms with E-state index in [1.54, 1.807) is 7.11 Å². The number of nitrogens with two attached hydrogens (primary N) is 1. The Morgan fingerprint density at radius 1 is 1.47 bits per heavy atom. The van der Waals surface area contributed by atoms with Gasteiger partial charge in [-0.1, -0.05) is 11.6 Å². The fraction of sp³-hybridized carbons (Fsp3) is 0.455. The summed E-state index contributed by atoms with van der Waals surface area (Å²) in [7, 11) is 1.66. The van der Waals surface area contributed by atoms with Crippen LogP contribution in [0.3, 0.4) is 0 Å². The molecular formula is C11H15Cl2NO. The molecule has 0 spiro atoms. The van der Waals surface area contributed by atoms with E-state index in [0.717, 1.165) is 16.3 Å². The van der Waals surface area contributed by atoms with Crippen molar-refractivity contribution in [1.29, 1.82) is 0 Å². The van der Waals surface area contributed by atoms with Crippen molar-refractivity contribution in [3.8, 4) is 5.75 Å². The van der Waals surface area contributed by atoms with Crippen molar-refractivity contribution < 1.29 is 4.74 Å². The van der Waals surface area contributed by atoms with Crippen LogP contribution in [0, 0.1) is 5.92 Å². The molecule has 84 valence electrons. The number of ether oxygens (including phenoxy) is 1. The lowest BCUT2D eigenvalue weighted by molar-refractivity contribution is 0.403. The van der Waals surface area contributed by atoms with Gasteiger partial charge in [0.05, 0.1) is 7.11 Å². The first-order chi connectivity index (χ1) is 6.72. The zero-order chi connectivity index (χ0) is 10.1. The minimum Gasteiger partial charge on any atom is -0.496 e. The Labute approximate surface area is 101 Å². The number of benzene rings is 1. The lowest BCUT2D eigenvalue weighted by atomic mass is 10.0. The maximum Gasteiger partial charge on any atom is 0.123 e. The van der Waals surface area contributed by atoms with Gasteiger partial charge in [-0.2, -0.15) is 0 Å². The van der Waals surface area contributed by atoms with Gasteiger partial charge in [0.25, 0.3) is 0 Å². The zero-order valence-corrected chi connectivity index (χ0v) is 10.1. The van der Waals surface area contributed by atoms with E-state index in [0.29, 0.717) is 5.92 Å². The maximum atomic E-state index is 6.11. The Bertz CT molecular complexity index is 339. The van der Waals surface area contributed by atoms with E-state index >= 15 is 0 Å². The normalized spacial score (nSPS) is 16.7. The molecular weight excluding hydrogens is 233 g/mol. The molecule has 1 saturated carbocycles. The first-order valence-corrected chi connectivity index (χ1v) is 5.19. The summed E-state index contributed by atoms with van der Waals surface area (Å²) < 4.78 is 5.26. The van der Waals surface area contributed by atoms with Crippen molar-refractivity contribution in [1.82, 2.24) is 0 Å². The van der Waals surface area contributed by atoms with Crippen LogP contribution in [-0.2, 0) is 0 Å². The summed E-state index contributed by atoms with van der Waals surface area (Å²) in [6.45, 7) is 0. The standard InChI is InChI=1S/C11H14ClNO.ClH/c1-14-10-5-4-8(12)6-9(10)11(13)7-2-3-7;/h4-7,11H,2-3,13H2,1H3;1H/t11-;/m0./s1. The highest BCUT2D eigenvalue weighted by molar-refractivity contribution is 6.30.